The molecule has 0 aliphatic rings. The molecule has 0 atom stereocenters. The molecule has 0 saturated heterocycles. The van der Waals surface area contributed by atoms with Crippen molar-refractivity contribution in [3.8, 4) is 17.0 Å². The second-order valence-corrected chi connectivity index (χ2v) is 9.84. The van der Waals surface area contributed by atoms with E-state index >= 15 is 0 Å². The van der Waals surface area contributed by atoms with Gasteiger partial charge in [0.25, 0.3) is 0 Å². The van der Waals surface area contributed by atoms with Crippen molar-refractivity contribution in [2.75, 3.05) is 0 Å². The Labute approximate surface area is 232 Å². The van der Waals surface area contributed by atoms with Crippen molar-refractivity contribution < 1.29 is 22.3 Å². The van der Waals surface area contributed by atoms with Crippen LogP contribution in [0.1, 0.15) is 16.7 Å². The van der Waals surface area contributed by atoms with Crippen molar-refractivity contribution in [2.45, 2.75) is 19.3 Å². The predicted molar refractivity (Wildman–Crippen MR) is 149 cm³/mol. The molecular weight excluding hydrogens is 540 g/mol. The number of hydrogen-bond donors (Lipinski definition) is 0. The topological polar surface area (TPSA) is 27.1 Å². The van der Waals surface area contributed by atoms with Gasteiger partial charge in [-0.15, -0.1) is 0 Å². The van der Waals surface area contributed by atoms with Crippen LogP contribution in [-0.4, -0.2) is 9.78 Å². The molecule has 0 N–H and O–H groups in total. The Kier molecular flexibility index (Phi) is 6.68. The van der Waals surface area contributed by atoms with E-state index in [1.807, 2.05) is 60.7 Å². The maximum absolute atomic E-state index is 14.7. The average molecular weight is 561 g/mol. The van der Waals surface area contributed by atoms with Gasteiger partial charge >= 0.3 is 6.18 Å². The summed E-state index contributed by atoms with van der Waals surface area (Å²) in [5, 5.41) is 6.92. The van der Waals surface area contributed by atoms with Crippen molar-refractivity contribution in [2.24, 2.45) is 0 Å². The van der Waals surface area contributed by atoms with Gasteiger partial charge in [0.05, 0.1) is 17.8 Å². The van der Waals surface area contributed by atoms with E-state index in [0.29, 0.717) is 16.6 Å². The molecule has 6 rings (SSSR count). The fourth-order valence-electron chi connectivity index (χ4n) is 4.90. The number of halogens is 5. The minimum Gasteiger partial charge on any atom is -0.488 e. The van der Waals surface area contributed by atoms with Crippen LogP contribution in [0.2, 0.25) is 5.02 Å². The van der Waals surface area contributed by atoms with E-state index in [9.17, 15) is 17.6 Å². The molecule has 40 heavy (non-hydrogen) atoms. The highest BCUT2D eigenvalue weighted by Crippen LogP contribution is 2.38. The molecule has 0 spiro atoms. The maximum Gasteiger partial charge on any atom is 0.418 e. The lowest BCUT2D eigenvalue weighted by atomic mass is 10.0. The summed E-state index contributed by atoms with van der Waals surface area (Å²) in [5.74, 6) is 0.165. The number of aromatic nitrogens is 2. The van der Waals surface area contributed by atoms with E-state index in [1.165, 1.54) is 28.9 Å². The van der Waals surface area contributed by atoms with Crippen molar-refractivity contribution in [3.63, 3.8) is 0 Å². The Bertz CT molecular complexity index is 1860. The van der Waals surface area contributed by atoms with E-state index in [4.69, 9.17) is 16.3 Å². The first-order valence-corrected chi connectivity index (χ1v) is 12.9. The summed E-state index contributed by atoms with van der Waals surface area (Å²) < 4.78 is 64.0. The molecule has 1 aromatic heterocycles. The van der Waals surface area contributed by atoms with Gasteiger partial charge in [-0.1, -0.05) is 84.4 Å². The number of nitrogens with zero attached hydrogens (tertiary/aromatic N) is 2. The molecule has 0 fully saturated rings. The smallest absolute Gasteiger partial charge is 0.418 e. The molecule has 0 bridgehead atoms. The third-order valence-corrected chi connectivity index (χ3v) is 6.99. The van der Waals surface area contributed by atoms with Crippen LogP contribution in [0.25, 0.3) is 32.9 Å². The first-order valence-electron chi connectivity index (χ1n) is 12.5. The van der Waals surface area contributed by atoms with Gasteiger partial charge in [0.1, 0.15) is 23.7 Å². The van der Waals surface area contributed by atoms with Gasteiger partial charge in [-0.25, -0.2) is 4.39 Å². The highest BCUT2D eigenvalue weighted by molar-refractivity contribution is 6.30. The van der Waals surface area contributed by atoms with Gasteiger partial charge in [0, 0.05) is 26.9 Å². The molecule has 0 unspecified atom stereocenters. The maximum atomic E-state index is 14.7. The van der Waals surface area contributed by atoms with Crippen LogP contribution in [-0.2, 0) is 19.3 Å². The lowest BCUT2D eigenvalue weighted by Gasteiger charge is -2.12. The second-order valence-electron chi connectivity index (χ2n) is 9.41. The molecule has 0 radical (unpaired) electrons. The molecule has 0 aliphatic carbocycles. The Morgan fingerprint density at radius 2 is 1.55 bits per heavy atom. The summed E-state index contributed by atoms with van der Waals surface area (Å²) >= 11 is 5.91. The minimum absolute atomic E-state index is 0.0823. The number of alkyl halides is 3. The molecular formula is C32H21ClF4N2O. The van der Waals surface area contributed by atoms with Gasteiger partial charge in [-0.3, -0.25) is 4.68 Å². The van der Waals surface area contributed by atoms with E-state index in [2.05, 4.69) is 5.10 Å². The summed E-state index contributed by atoms with van der Waals surface area (Å²) in [5.41, 5.74) is 1.10. The summed E-state index contributed by atoms with van der Waals surface area (Å²) in [7, 11) is 0. The van der Waals surface area contributed by atoms with E-state index in [-0.39, 0.29) is 29.3 Å². The fraction of sp³-hybridized carbons (Fsp3) is 0.0938. The SMILES string of the molecule is Fc1cc(Cl)ccc1Cn1nc2c(C(F)(F)F)cccc2c1-c1cccc(COc2cccc3ccccc23)c1. The average Bonchev–Trinajstić information content (AvgIpc) is 3.31. The first-order chi connectivity index (χ1) is 19.3. The molecule has 0 aliphatic heterocycles. The molecule has 0 saturated carbocycles. The number of fused-ring (bicyclic) bond motifs is 2. The third-order valence-electron chi connectivity index (χ3n) is 6.75. The summed E-state index contributed by atoms with van der Waals surface area (Å²) in [6, 6.07) is 29.3. The van der Waals surface area contributed by atoms with Crippen LogP contribution < -0.4 is 4.74 Å². The van der Waals surface area contributed by atoms with Crippen LogP contribution in [0.4, 0.5) is 17.6 Å². The van der Waals surface area contributed by atoms with Crippen LogP contribution in [0, 0.1) is 5.82 Å². The second kappa shape index (κ2) is 10.3. The van der Waals surface area contributed by atoms with E-state index < -0.39 is 17.6 Å². The van der Waals surface area contributed by atoms with Crippen molar-refractivity contribution in [1.82, 2.24) is 9.78 Å². The monoisotopic (exact) mass is 560 g/mol. The zero-order valence-electron chi connectivity index (χ0n) is 20.9. The number of ether oxygens (including phenoxy) is 1. The van der Waals surface area contributed by atoms with Crippen LogP contribution in [0.5, 0.6) is 5.75 Å². The van der Waals surface area contributed by atoms with E-state index in [0.717, 1.165) is 28.2 Å². The third kappa shape index (κ3) is 5.00. The molecule has 8 heteroatoms. The van der Waals surface area contributed by atoms with Crippen LogP contribution in [0.3, 0.4) is 0 Å². The lowest BCUT2D eigenvalue weighted by molar-refractivity contribution is -0.136. The number of benzene rings is 5. The highest BCUT2D eigenvalue weighted by Gasteiger charge is 2.34. The van der Waals surface area contributed by atoms with E-state index in [1.54, 1.807) is 12.1 Å². The quantitative estimate of drug-likeness (QED) is 0.190. The van der Waals surface area contributed by atoms with Crippen LogP contribution >= 0.6 is 11.6 Å². The van der Waals surface area contributed by atoms with Crippen molar-refractivity contribution in [1.29, 1.82) is 0 Å². The number of rotatable bonds is 6. The van der Waals surface area contributed by atoms with Crippen molar-refractivity contribution >= 4 is 33.3 Å². The normalized spacial score (nSPS) is 11.8. The summed E-state index contributed by atoms with van der Waals surface area (Å²) in [4.78, 5) is 0. The molecule has 1 heterocycles. The molecule has 3 nitrogen and oxygen atoms in total. The molecule has 0 amide bonds. The lowest BCUT2D eigenvalue weighted by Crippen LogP contribution is -2.07. The summed E-state index contributed by atoms with van der Waals surface area (Å²) in [6.45, 7) is 0.161. The Morgan fingerprint density at radius 1 is 0.800 bits per heavy atom. The summed E-state index contributed by atoms with van der Waals surface area (Å²) in [6.07, 6.45) is -4.60. The highest BCUT2D eigenvalue weighted by atomic mass is 35.5. The predicted octanol–water partition coefficient (Wildman–Crippen LogP) is 9.30. The molecule has 200 valence electrons. The Balaban J connectivity index is 1.42. The van der Waals surface area contributed by atoms with Crippen LogP contribution in [0.15, 0.2) is 103 Å². The van der Waals surface area contributed by atoms with Gasteiger partial charge in [-0.05, 0) is 41.3 Å². The van der Waals surface area contributed by atoms with Gasteiger partial charge in [-0.2, -0.15) is 18.3 Å². The largest absolute Gasteiger partial charge is 0.488 e. The van der Waals surface area contributed by atoms with Gasteiger partial charge < -0.3 is 4.74 Å². The Morgan fingerprint density at radius 3 is 2.38 bits per heavy atom. The molecule has 6 aromatic rings. The molecule has 5 aromatic carbocycles. The standard InChI is InChI=1S/C32H21ClF4N2O/c33-24-15-14-23(28(34)17-24)18-39-31(26-11-5-12-27(30(26)38-39)32(35,36)37)22-9-3-6-20(16-22)19-40-29-13-4-8-21-7-1-2-10-25(21)29/h1-17H,18-19H2. The fourth-order valence-corrected chi connectivity index (χ4v) is 5.06. The minimum atomic E-state index is -4.60. The Hall–Kier alpha value is -4.36. The zero-order valence-corrected chi connectivity index (χ0v) is 21.7. The van der Waals surface area contributed by atoms with Crippen molar-refractivity contribution in [3.05, 3.63) is 131 Å². The number of hydrogen-bond acceptors (Lipinski definition) is 2. The van der Waals surface area contributed by atoms with Gasteiger partial charge in [0.2, 0.25) is 0 Å². The zero-order chi connectivity index (χ0) is 27.9. The van der Waals surface area contributed by atoms with Gasteiger partial charge in [0.15, 0.2) is 0 Å². The first kappa shape index (κ1) is 25.9.